The number of methoxy groups -OCH3 is 1. The lowest BCUT2D eigenvalue weighted by atomic mass is 10.2. The first kappa shape index (κ1) is 19.8. The summed E-state index contributed by atoms with van der Waals surface area (Å²) < 4.78 is 5.84. The molecule has 0 aliphatic carbocycles. The number of thioether (sulfide) groups is 1. The first-order valence-corrected chi connectivity index (χ1v) is 10.2. The van der Waals surface area contributed by atoms with Crippen molar-refractivity contribution in [1.29, 1.82) is 0 Å². The Morgan fingerprint density at radius 2 is 2.04 bits per heavy atom. The number of urea groups is 1. The zero-order valence-corrected chi connectivity index (χ0v) is 17.2. The molecule has 10 heteroatoms. The Morgan fingerprint density at radius 3 is 2.81 bits per heavy atom. The van der Waals surface area contributed by atoms with Crippen molar-refractivity contribution >= 4 is 63.2 Å². The number of hydrogen-bond donors (Lipinski definition) is 2. The number of halogens is 2. The highest BCUT2D eigenvalue weighted by molar-refractivity contribution is 8.00. The van der Waals surface area contributed by atoms with Gasteiger partial charge in [0.1, 0.15) is 5.75 Å². The zero-order chi connectivity index (χ0) is 19.2. The van der Waals surface area contributed by atoms with Gasteiger partial charge in [-0.05, 0) is 29.8 Å². The molecule has 27 heavy (non-hydrogen) atoms. The number of aromatic nitrogens is 2. The largest absolute Gasteiger partial charge is 0.497 e. The molecule has 6 nitrogen and oxygen atoms in total. The van der Waals surface area contributed by atoms with E-state index >= 15 is 0 Å². The molecule has 3 aromatic rings. The van der Waals surface area contributed by atoms with Crippen LogP contribution in [0.3, 0.4) is 0 Å². The first-order valence-electron chi connectivity index (χ1n) is 7.66. The predicted octanol–water partition coefficient (Wildman–Crippen LogP) is 5.79. The van der Waals surface area contributed by atoms with Gasteiger partial charge in [0.2, 0.25) is 5.13 Å². The number of benzene rings is 2. The number of ether oxygens (including phenoxy) is 1. The second-order valence-electron chi connectivity index (χ2n) is 5.21. The quantitative estimate of drug-likeness (QED) is 0.374. The van der Waals surface area contributed by atoms with E-state index in [1.165, 1.54) is 23.1 Å². The van der Waals surface area contributed by atoms with Gasteiger partial charge in [-0.3, -0.25) is 5.32 Å². The fourth-order valence-corrected chi connectivity index (χ4v) is 4.36. The minimum absolute atomic E-state index is 0.403. The highest BCUT2D eigenvalue weighted by Gasteiger charge is 2.10. The van der Waals surface area contributed by atoms with Crippen LogP contribution >= 0.6 is 46.3 Å². The summed E-state index contributed by atoms with van der Waals surface area (Å²) in [6.45, 7) is 0. The van der Waals surface area contributed by atoms with E-state index in [-0.39, 0.29) is 0 Å². The Balaban J connectivity index is 1.54. The molecule has 0 fully saturated rings. The average Bonchev–Trinajstić information content (AvgIpc) is 3.08. The van der Waals surface area contributed by atoms with Crippen molar-refractivity contribution in [2.45, 2.75) is 10.1 Å². The molecule has 0 unspecified atom stereocenters. The summed E-state index contributed by atoms with van der Waals surface area (Å²) in [5, 5.41) is 15.0. The minimum atomic E-state index is -0.406. The van der Waals surface area contributed by atoms with Crippen LogP contribution in [0.25, 0.3) is 0 Å². The molecule has 0 spiro atoms. The van der Waals surface area contributed by atoms with E-state index in [0.29, 0.717) is 32.4 Å². The summed E-state index contributed by atoms with van der Waals surface area (Å²) in [6, 6.07) is 12.0. The smallest absolute Gasteiger partial charge is 0.325 e. The molecular formula is C17H14Cl2N4O2S2. The van der Waals surface area contributed by atoms with E-state index in [9.17, 15) is 4.79 Å². The molecule has 2 N–H and O–H groups in total. The number of anilines is 2. The van der Waals surface area contributed by atoms with E-state index in [1.54, 1.807) is 43.5 Å². The van der Waals surface area contributed by atoms with Crippen molar-refractivity contribution in [3.63, 3.8) is 0 Å². The second kappa shape index (κ2) is 9.27. The van der Waals surface area contributed by atoms with Crippen molar-refractivity contribution < 1.29 is 9.53 Å². The van der Waals surface area contributed by atoms with Gasteiger partial charge in [0.05, 0.1) is 7.11 Å². The number of carbonyl (C=O) groups is 1. The third-order valence-electron chi connectivity index (χ3n) is 3.32. The number of hydrogen-bond acceptors (Lipinski definition) is 6. The number of amides is 2. The molecule has 0 aliphatic rings. The summed E-state index contributed by atoms with van der Waals surface area (Å²) in [5.74, 6) is 1.28. The predicted molar refractivity (Wildman–Crippen MR) is 112 cm³/mol. The third kappa shape index (κ3) is 5.74. The average molecular weight is 441 g/mol. The summed E-state index contributed by atoms with van der Waals surface area (Å²) in [7, 11) is 1.57. The molecule has 3 rings (SSSR count). The van der Waals surface area contributed by atoms with E-state index in [1.807, 2.05) is 6.07 Å². The SMILES string of the molecule is COc1cccc(NC(=O)Nc2nnc(SCc3ccc(Cl)cc3Cl)s2)c1. The van der Waals surface area contributed by atoms with Crippen LogP contribution in [-0.2, 0) is 5.75 Å². The second-order valence-corrected chi connectivity index (χ2v) is 8.25. The molecule has 140 valence electrons. The van der Waals surface area contributed by atoms with Gasteiger partial charge in [0.25, 0.3) is 0 Å². The first-order chi connectivity index (χ1) is 13.0. The van der Waals surface area contributed by atoms with Crippen molar-refractivity contribution in [1.82, 2.24) is 10.2 Å². The van der Waals surface area contributed by atoms with Crippen LogP contribution in [0, 0.1) is 0 Å². The molecule has 0 bridgehead atoms. The van der Waals surface area contributed by atoms with Gasteiger partial charge >= 0.3 is 6.03 Å². The zero-order valence-electron chi connectivity index (χ0n) is 14.0. The number of nitrogens with zero attached hydrogens (tertiary/aromatic N) is 2. The van der Waals surface area contributed by atoms with Crippen LogP contribution in [0.15, 0.2) is 46.8 Å². The van der Waals surface area contributed by atoms with Gasteiger partial charge < -0.3 is 10.1 Å². The lowest BCUT2D eigenvalue weighted by Crippen LogP contribution is -2.19. The van der Waals surface area contributed by atoms with Gasteiger partial charge in [-0.1, -0.05) is 58.4 Å². The molecule has 0 atom stereocenters. The lowest BCUT2D eigenvalue weighted by molar-refractivity contribution is 0.262. The van der Waals surface area contributed by atoms with Crippen LogP contribution in [0.1, 0.15) is 5.56 Å². The topological polar surface area (TPSA) is 76.1 Å². The maximum absolute atomic E-state index is 12.1. The van der Waals surface area contributed by atoms with Crippen LogP contribution < -0.4 is 15.4 Å². The maximum Gasteiger partial charge on any atom is 0.325 e. The van der Waals surface area contributed by atoms with Crippen LogP contribution in [0.4, 0.5) is 15.6 Å². The van der Waals surface area contributed by atoms with Gasteiger partial charge in [-0.2, -0.15) is 0 Å². The van der Waals surface area contributed by atoms with Crippen LogP contribution in [0.2, 0.25) is 10.0 Å². The summed E-state index contributed by atoms with van der Waals surface area (Å²) in [4.78, 5) is 12.1. The third-order valence-corrected chi connectivity index (χ3v) is 5.93. The Bertz CT molecular complexity index is 952. The van der Waals surface area contributed by atoms with Crippen molar-refractivity contribution in [2.24, 2.45) is 0 Å². The van der Waals surface area contributed by atoms with Crippen molar-refractivity contribution in [3.05, 3.63) is 58.1 Å². The minimum Gasteiger partial charge on any atom is -0.497 e. The van der Waals surface area contributed by atoms with E-state index in [4.69, 9.17) is 27.9 Å². The van der Waals surface area contributed by atoms with Crippen molar-refractivity contribution in [2.75, 3.05) is 17.7 Å². The maximum atomic E-state index is 12.1. The van der Waals surface area contributed by atoms with Crippen molar-refractivity contribution in [3.8, 4) is 5.75 Å². The van der Waals surface area contributed by atoms with E-state index in [2.05, 4.69) is 20.8 Å². The fourth-order valence-electron chi connectivity index (χ4n) is 2.06. The molecule has 0 saturated carbocycles. The molecule has 0 saturated heterocycles. The molecule has 2 amide bonds. The van der Waals surface area contributed by atoms with E-state index in [0.717, 1.165) is 9.90 Å². The monoisotopic (exact) mass is 440 g/mol. The van der Waals surface area contributed by atoms with E-state index < -0.39 is 6.03 Å². The van der Waals surface area contributed by atoms with Crippen LogP contribution in [-0.4, -0.2) is 23.3 Å². The van der Waals surface area contributed by atoms with Gasteiger partial charge in [-0.15, -0.1) is 10.2 Å². The number of rotatable bonds is 6. The number of carbonyl (C=O) groups excluding carboxylic acids is 1. The standard InChI is InChI=1S/C17H14Cl2N4O2S2/c1-25-13-4-2-3-12(8-13)20-15(24)21-16-22-23-17(27-16)26-9-10-5-6-11(18)7-14(10)19/h2-8H,9H2,1H3,(H2,20,21,22,24). The fraction of sp³-hybridized carbons (Fsp3) is 0.118. The molecule has 0 radical (unpaired) electrons. The number of nitrogens with one attached hydrogen (secondary N) is 2. The Labute approximate surface area is 174 Å². The Morgan fingerprint density at radius 1 is 1.19 bits per heavy atom. The van der Waals surface area contributed by atoms with Gasteiger partial charge in [0, 0.05) is 27.6 Å². The summed E-state index contributed by atoms with van der Waals surface area (Å²) >= 11 is 14.8. The van der Waals surface area contributed by atoms with Gasteiger partial charge in [-0.25, -0.2) is 4.79 Å². The Hall–Kier alpha value is -2.00. The highest BCUT2D eigenvalue weighted by atomic mass is 35.5. The summed E-state index contributed by atoms with van der Waals surface area (Å²) in [6.07, 6.45) is 0. The molecule has 1 heterocycles. The molecule has 1 aromatic heterocycles. The Kier molecular flexibility index (Phi) is 6.78. The summed E-state index contributed by atoms with van der Waals surface area (Å²) in [5.41, 5.74) is 1.56. The lowest BCUT2D eigenvalue weighted by Gasteiger charge is -2.06. The molecule has 0 aliphatic heterocycles. The normalized spacial score (nSPS) is 10.5. The van der Waals surface area contributed by atoms with Crippen LogP contribution in [0.5, 0.6) is 5.75 Å². The molecular weight excluding hydrogens is 427 g/mol. The van der Waals surface area contributed by atoms with Gasteiger partial charge in [0.15, 0.2) is 4.34 Å². The molecule has 2 aromatic carbocycles. The highest BCUT2D eigenvalue weighted by Crippen LogP contribution is 2.31.